The van der Waals surface area contributed by atoms with E-state index >= 15 is 0 Å². The van der Waals surface area contributed by atoms with E-state index in [0.717, 1.165) is 12.1 Å². The van der Waals surface area contributed by atoms with Gasteiger partial charge < -0.3 is 10.2 Å². The van der Waals surface area contributed by atoms with Crippen LogP contribution in [-0.2, 0) is 15.0 Å². The molecule has 0 unspecified atom stereocenters. The first-order valence-electron chi connectivity index (χ1n) is 5.11. The summed E-state index contributed by atoms with van der Waals surface area (Å²) in [5, 5.41) is 26.6. The van der Waals surface area contributed by atoms with Gasteiger partial charge >= 0.3 is 11.9 Å². The van der Waals surface area contributed by atoms with Crippen LogP contribution in [0.1, 0.15) is 18.4 Å². The van der Waals surface area contributed by atoms with E-state index in [1.165, 1.54) is 0 Å². The average Bonchev–Trinajstić information content (AvgIpc) is 2.30. The van der Waals surface area contributed by atoms with Gasteiger partial charge in [-0.3, -0.25) is 9.59 Å². The number of aliphatic carboxylic acids is 2. The van der Waals surface area contributed by atoms with Crippen molar-refractivity contribution in [1.29, 1.82) is 5.26 Å². The predicted molar refractivity (Wildman–Crippen MR) is 58.2 cm³/mol. The molecule has 0 saturated heterocycles. The lowest BCUT2D eigenvalue weighted by atomic mass is 9.76. The highest BCUT2D eigenvalue weighted by atomic mass is 19.2. The number of rotatable bonds is 5. The lowest BCUT2D eigenvalue weighted by Crippen LogP contribution is -2.31. The molecular formula is C12H9F2NO4. The summed E-state index contributed by atoms with van der Waals surface area (Å²) >= 11 is 0. The Hall–Kier alpha value is -2.49. The molecule has 0 heterocycles. The molecule has 0 radical (unpaired) electrons. The highest BCUT2D eigenvalue weighted by molar-refractivity contribution is 5.75. The quantitative estimate of drug-likeness (QED) is 0.847. The van der Waals surface area contributed by atoms with Gasteiger partial charge in [0, 0.05) is 0 Å². The van der Waals surface area contributed by atoms with Gasteiger partial charge in [-0.1, -0.05) is 6.07 Å². The van der Waals surface area contributed by atoms with Gasteiger partial charge in [-0.25, -0.2) is 8.78 Å². The van der Waals surface area contributed by atoms with Gasteiger partial charge in [0.1, 0.15) is 5.41 Å². The zero-order valence-corrected chi connectivity index (χ0v) is 9.56. The maximum Gasteiger partial charge on any atom is 0.305 e. The van der Waals surface area contributed by atoms with E-state index in [4.69, 9.17) is 15.5 Å². The Bertz CT molecular complexity index is 549. The molecule has 0 bridgehead atoms. The van der Waals surface area contributed by atoms with Crippen molar-refractivity contribution in [2.45, 2.75) is 18.3 Å². The topological polar surface area (TPSA) is 98.4 Å². The molecule has 5 nitrogen and oxygen atoms in total. The standard InChI is InChI=1S/C12H9F2NO4/c13-8-2-1-7(3-9(8)14)12(6-15,4-10(16)17)5-11(18)19/h1-3H,4-5H2,(H,16,17)(H,18,19). The number of hydrogen-bond donors (Lipinski definition) is 2. The summed E-state index contributed by atoms with van der Waals surface area (Å²) < 4.78 is 26.0. The molecule has 100 valence electrons. The molecule has 2 N–H and O–H groups in total. The van der Waals surface area contributed by atoms with E-state index in [1.807, 2.05) is 0 Å². The van der Waals surface area contributed by atoms with Crippen LogP contribution in [0.15, 0.2) is 18.2 Å². The second-order valence-corrected chi connectivity index (χ2v) is 3.96. The zero-order valence-electron chi connectivity index (χ0n) is 9.56. The van der Waals surface area contributed by atoms with E-state index < -0.39 is 41.8 Å². The number of hydrogen-bond acceptors (Lipinski definition) is 3. The van der Waals surface area contributed by atoms with Crippen molar-refractivity contribution < 1.29 is 28.6 Å². The normalized spacial score (nSPS) is 10.8. The van der Waals surface area contributed by atoms with Gasteiger partial charge in [0.15, 0.2) is 11.6 Å². The number of halogens is 2. The van der Waals surface area contributed by atoms with E-state index in [1.54, 1.807) is 6.07 Å². The molecule has 0 atom stereocenters. The van der Waals surface area contributed by atoms with Gasteiger partial charge in [0.25, 0.3) is 0 Å². The van der Waals surface area contributed by atoms with E-state index in [2.05, 4.69) is 0 Å². The van der Waals surface area contributed by atoms with Gasteiger partial charge in [0.05, 0.1) is 18.9 Å². The maximum absolute atomic E-state index is 13.1. The van der Waals surface area contributed by atoms with Crippen LogP contribution >= 0.6 is 0 Å². The van der Waals surface area contributed by atoms with Crippen LogP contribution in [0.2, 0.25) is 0 Å². The third-order valence-corrected chi connectivity index (χ3v) is 2.59. The SMILES string of the molecule is N#CC(CC(=O)O)(CC(=O)O)c1ccc(F)c(F)c1. The number of carbonyl (C=O) groups is 2. The first-order chi connectivity index (χ1) is 8.80. The van der Waals surface area contributed by atoms with Crippen molar-refractivity contribution in [2.75, 3.05) is 0 Å². The second-order valence-electron chi connectivity index (χ2n) is 3.96. The number of carboxylic acid groups (broad SMARTS) is 2. The Morgan fingerprint density at radius 1 is 1.16 bits per heavy atom. The Morgan fingerprint density at radius 3 is 2.05 bits per heavy atom. The van der Waals surface area contributed by atoms with Crippen LogP contribution in [0.3, 0.4) is 0 Å². The molecule has 0 saturated carbocycles. The Balaban J connectivity index is 3.36. The zero-order chi connectivity index (χ0) is 14.6. The first-order valence-corrected chi connectivity index (χ1v) is 5.11. The van der Waals surface area contributed by atoms with Crippen LogP contribution in [0.25, 0.3) is 0 Å². The number of nitrogens with zero attached hydrogens (tertiary/aromatic N) is 1. The molecule has 19 heavy (non-hydrogen) atoms. The second kappa shape index (κ2) is 5.44. The molecule has 0 aliphatic carbocycles. The molecule has 7 heteroatoms. The Kier molecular flexibility index (Phi) is 4.17. The van der Waals surface area contributed by atoms with Gasteiger partial charge in [0.2, 0.25) is 0 Å². The molecule has 0 amide bonds. The molecule has 0 spiro atoms. The van der Waals surface area contributed by atoms with E-state index in [-0.39, 0.29) is 5.56 Å². The molecule has 1 aromatic rings. The van der Waals surface area contributed by atoms with Crippen molar-refractivity contribution in [1.82, 2.24) is 0 Å². The maximum atomic E-state index is 13.1. The van der Waals surface area contributed by atoms with Crippen LogP contribution < -0.4 is 0 Å². The number of nitriles is 1. The third-order valence-electron chi connectivity index (χ3n) is 2.59. The highest BCUT2D eigenvalue weighted by Gasteiger charge is 2.38. The minimum Gasteiger partial charge on any atom is -0.481 e. The fraction of sp³-hybridized carbons (Fsp3) is 0.250. The monoisotopic (exact) mass is 269 g/mol. The summed E-state index contributed by atoms with van der Waals surface area (Å²) in [4.78, 5) is 21.5. The molecule has 0 fully saturated rings. The lowest BCUT2D eigenvalue weighted by molar-refractivity contribution is -0.140. The van der Waals surface area contributed by atoms with Crippen molar-refractivity contribution in [3.8, 4) is 6.07 Å². The molecule has 0 aromatic heterocycles. The highest BCUT2D eigenvalue weighted by Crippen LogP contribution is 2.32. The summed E-state index contributed by atoms with van der Waals surface area (Å²) in [6.45, 7) is 0. The molecule has 1 rings (SSSR count). The van der Waals surface area contributed by atoms with Crippen molar-refractivity contribution in [2.24, 2.45) is 0 Å². The van der Waals surface area contributed by atoms with Crippen LogP contribution in [-0.4, -0.2) is 22.2 Å². The summed E-state index contributed by atoms with van der Waals surface area (Å²) in [7, 11) is 0. The Morgan fingerprint density at radius 2 is 1.68 bits per heavy atom. The van der Waals surface area contributed by atoms with E-state index in [9.17, 15) is 18.4 Å². The fourth-order valence-electron chi connectivity index (χ4n) is 1.72. The van der Waals surface area contributed by atoms with Gasteiger partial charge in [-0.15, -0.1) is 0 Å². The largest absolute Gasteiger partial charge is 0.481 e. The van der Waals surface area contributed by atoms with Crippen LogP contribution in [0.4, 0.5) is 8.78 Å². The Labute approximate surface area is 106 Å². The molecule has 0 aliphatic rings. The molecular weight excluding hydrogens is 260 g/mol. The van der Waals surface area contributed by atoms with Gasteiger partial charge in [-0.05, 0) is 17.7 Å². The molecule has 1 aromatic carbocycles. The third kappa shape index (κ3) is 3.25. The smallest absolute Gasteiger partial charge is 0.305 e. The van der Waals surface area contributed by atoms with Crippen molar-refractivity contribution in [3.63, 3.8) is 0 Å². The average molecular weight is 269 g/mol. The number of benzene rings is 1. The van der Waals surface area contributed by atoms with Crippen molar-refractivity contribution in [3.05, 3.63) is 35.4 Å². The molecule has 0 aliphatic heterocycles. The van der Waals surface area contributed by atoms with E-state index in [0.29, 0.717) is 6.07 Å². The first kappa shape index (κ1) is 14.6. The summed E-state index contributed by atoms with van der Waals surface area (Å²) in [5.41, 5.74) is -2.12. The van der Waals surface area contributed by atoms with Crippen molar-refractivity contribution >= 4 is 11.9 Å². The minimum atomic E-state index is -1.94. The summed E-state index contributed by atoms with van der Waals surface area (Å²) in [6.07, 6.45) is -1.64. The predicted octanol–water partition coefficient (Wildman–Crippen LogP) is 1.68. The minimum absolute atomic E-state index is 0.182. The van der Waals surface area contributed by atoms with Crippen LogP contribution in [0.5, 0.6) is 0 Å². The number of carboxylic acids is 2. The summed E-state index contributed by atoms with van der Waals surface area (Å²) in [5.74, 6) is -5.26. The fourth-order valence-corrected chi connectivity index (χ4v) is 1.72. The van der Waals surface area contributed by atoms with Gasteiger partial charge in [-0.2, -0.15) is 5.26 Å². The summed E-state index contributed by atoms with van der Waals surface area (Å²) in [6, 6.07) is 3.96. The van der Waals surface area contributed by atoms with Crippen LogP contribution in [0, 0.1) is 23.0 Å². The lowest BCUT2D eigenvalue weighted by Gasteiger charge is -2.23.